The van der Waals surface area contributed by atoms with E-state index in [0.717, 1.165) is 6.54 Å². The van der Waals surface area contributed by atoms with E-state index in [1.54, 1.807) is 26.1 Å². The summed E-state index contributed by atoms with van der Waals surface area (Å²) < 4.78 is 0. The maximum absolute atomic E-state index is 12.4. The fraction of sp³-hybridized carbons (Fsp3) is 0.500. The number of likely N-dealkylation sites (N-methyl/N-ethyl adjacent to an activating group) is 1. The fourth-order valence-corrected chi connectivity index (χ4v) is 3.42. The minimum atomic E-state index is -0.992. The second-order valence-electron chi connectivity index (χ2n) is 7.96. The average Bonchev–Trinajstić information content (AvgIpc) is 3.52. The van der Waals surface area contributed by atoms with Crippen LogP contribution in [-0.4, -0.2) is 45.0 Å². The Morgan fingerprint density at radius 2 is 2.00 bits per heavy atom. The minimum Gasteiger partial charge on any atom is -0.384 e. The van der Waals surface area contributed by atoms with Gasteiger partial charge in [-0.3, -0.25) is 9.69 Å². The monoisotopic (exact) mass is 382 g/mol. The highest BCUT2D eigenvalue weighted by atomic mass is 16.3. The minimum absolute atomic E-state index is 0.0393. The SMILES string of the molecule is CCN(Cc1nccc(C(C)(C)O)n1)C(CNC(=O)c1ccccc1)C1CC1. The number of carbonyl (C=O) groups is 1. The van der Waals surface area contributed by atoms with E-state index in [-0.39, 0.29) is 11.9 Å². The molecule has 150 valence electrons. The summed E-state index contributed by atoms with van der Waals surface area (Å²) in [6, 6.07) is 11.3. The van der Waals surface area contributed by atoms with Gasteiger partial charge in [-0.05, 0) is 57.4 Å². The van der Waals surface area contributed by atoms with E-state index in [0.29, 0.717) is 36.1 Å². The van der Waals surface area contributed by atoms with Crippen molar-refractivity contribution >= 4 is 5.91 Å². The molecule has 0 radical (unpaired) electrons. The molecule has 1 aromatic carbocycles. The van der Waals surface area contributed by atoms with Gasteiger partial charge in [-0.15, -0.1) is 0 Å². The Labute approximate surface area is 167 Å². The molecule has 1 aromatic heterocycles. The van der Waals surface area contributed by atoms with Crippen molar-refractivity contribution in [3.05, 3.63) is 59.7 Å². The van der Waals surface area contributed by atoms with Crippen molar-refractivity contribution in [1.82, 2.24) is 20.2 Å². The summed E-state index contributed by atoms with van der Waals surface area (Å²) in [6.07, 6.45) is 4.08. The van der Waals surface area contributed by atoms with Crippen LogP contribution in [0.5, 0.6) is 0 Å². The van der Waals surface area contributed by atoms with Crippen molar-refractivity contribution in [2.24, 2.45) is 5.92 Å². The predicted octanol–water partition coefficient (Wildman–Crippen LogP) is 2.73. The third kappa shape index (κ3) is 5.36. The lowest BCUT2D eigenvalue weighted by atomic mass is 10.1. The quantitative estimate of drug-likeness (QED) is 0.697. The van der Waals surface area contributed by atoms with Crippen molar-refractivity contribution in [3.63, 3.8) is 0 Å². The summed E-state index contributed by atoms with van der Waals surface area (Å²) in [7, 11) is 0. The highest BCUT2D eigenvalue weighted by Crippen LogP contribution is 2.35. The van der Waals surface area contributed by atoms with Gasteiger partial charge in [0.2, 0.25) is 0 Å². The maximum atomic E-state index is 12.4. The fourth-order valence-electron chi connectivity index (χ4n) is 3.42. The second-order valence-corrected chi connectivity index (χ2v) is 7.96. The first-order chi connectivity index (χ1) is 13.4. The lowest BCUT2D eigenvalue weighted by Crippen LogP contribution is -2.45. The van der Waals surface area contributed by atoms with E-state index in [9.17, 15) is 9.90 Å². The number of aliphatic hydroxyl groups is 1. The molecule has 1 amide bonds. The van der Waals surface area contributed by atoms with Gasteiger partial charge in [-0.1, -0.05) is 25.1 Å². The lowest BCUT2D eigenvalue weighted by Gasteiger charge is -2.31. The van der Waals surface area contributed by atoms with E-state index in [4.69, 9.17) is 0 Å². The number of amides is 1. The van der Waals surface area contributed by atoms with Crippen molar-refractivity contribution in [2.75, 3.05) is 13.1 Å². The number of hydrogen-bond donors (Lipinski definition) is 2. The molecule has 1 fully saturated rings. The molecule has 1 saturated carbocycles. The molecule has 0 spiro atoms. The maximum Gasteiger partial charge on any atom is 0.251 e. The Kier molecular flexibility index (Phi) is 6.42. The van der Waals surface area contributed by atoms with Crippen LogP contribution in [0.2, 0.25) is 0 Å². The van der Waals surface area contributed by atoms with Gasteiger partial charge >= 0.3 is 0 Å². The van der Waals surface area contributed by atoms with Crippen LogP contribution < -0.4 is 5.32 Å². The van der Waals surface area contributed by atoms with Crippen LogP contribution in [0, 0.1) is 5.92 Å². The molecule has 0 bridgehead atoms. The topological polar surface area (TPSA) is 78.3 Å². The zero-order valence-electron chi connectivity index (χ0n) is 16.9. The first kappa shape index (κ1) is 20.4. The van der Waals surface area contributed by atoms with E-state index < -0.39 is 5.60 Å². The summed E-state index contributed by atoms with van der Waals surface area (Å²) in [5.41, 5.74) is 0.309. The number of rotatable bonds is 9. The zero-order chi connectivity index (χ0) is 20.1. The molecule has 2 N–H and O–H groups in total. The van der Waals surface area contributed by atoms with Gasteiger partial charge < -0.3 is 10.4 Å². The molecular weight excluding hydrogens is 352 g/mol. The Morgan fingerprint density at radius 1 is 1.29 bits per heavy atom. The second kappa shape index (κ2) is 8.80. The van der Waals surface area contributed by atoms with Crippen LogP contribution in [0.3, 0.4) is 0 Å². The van der Waals surface area contributed by atoms with Gasteiger partial charge in [0.1, 0.15) is 11.4 Å². The number of nitrogens with zero attached hydrogens (tertiary/aromatic N) is 3. The molecule has 1 heterocycles. The molecule has 0 saturated heterocycles. The van der Waals surface area contributed by atoms with E-state index in [2.05, 4.69) is 27.1 Å². The first-order valence-corrected chi connectivity index (χ1v) is 10.0. The molecular formula is C22H30N4O2. The normalized spacial score (nSPS) is 15.5. The smallest absolute Gasteiger partial charge is 0.251 e. The van der Waals surface area contributed by atoms with Gasteiger partial charge in [0.15, 0.2) is 0 Å². The highest BCUT2D eigenvalue weighted by Gasteiger charge is 2.35. The Bertz CT molecular complexity index is 785. The summed E-state index contributed by atoms with van der Waals surface area (Å²) in [5.74, 6) is 1.25. The van der Waals surface area contributed by atoms with Crippen LogP contribution in [0.4, 0.5) is 0 Å². The molecule has 1 atom stereocenters. The molecule has 0 aliphatic heterocycles. The molecule has 1 aliphatic rings. The summed E-state index contributed by atoms with van der Waals surface area (Å²) in [6.45, 7) is 7.62. The Morgan fingerprint density at radius 3 is 2.61 bits per heavy atom. The van der Waals surface area contributed by atoms with Gasteiger partial charge in [-0.2, -0.15) is 0 Å². The van der Waals surface area contributed by atoms with Gasteiger partial charge in [0.25, 0.3) is 5.91 Å². The van der Waals surface area contributed by atoms with Crippen molar-refractivity contribution < 1.29 is 9.90 Å². The van der Waals surface area contributed by atoms with Gasteiger partial charge in [0.05, 0.1) is 12.2 Å². The van der Waals surface area contributed by atoms with Crippen molar-refractivity contribution in [3.8, 4) is 0 Å². The van der Waals surface area contributed by atoms with Crippen molar-refractivity contribution in [2.45, 2.75) is 51.8 Å². The average molecular weight is 383 g/mol. The van der Waals surface area contributed by atoms with Gasteiger partial charge in [-0.25, -0.2) is 9.97 Å². The summed E-state index contributed by atoms with van der Waals surface area (Å²) in [4.78, 5) is 23.7. The third-order valence-corrected chi connectivity index (χ3v) is 5.23. The predicted molar refractivity (Wildman–Crippen MR) is 109 cm³/mol. The molecule has 28 heavy (non-hydrogen) atoms. The number of benzene rings is 1. The van der Waals surface area contributed by atoms with E-state index in [1.165, 1.54) is 12.8 Å². The molecule has 3 rings (SSSR count). The summed E-state index contributed by atoms with van der Waals surface area (Å²) in [5, 5.41) is 13.3. The van der Waals surface area contributed by atoms with Crippen LogP contribution >= 0.6 is 0 Å². The highest BCUT2D eigenvalue weighted by molar-refractivity contribution is 5.94. The standard InChI is InChI=1S/C22H30N4O2/c1-4-26(15-20-23-13-12-19(25-20)22(2,3)28)18(16-10-11-16)14-24-21(27)17-8-6-5-7-9-17/h5-9,12-13,16,18,28H,4,10-11,14-15H2,1-3H3,(H,24,27). The van der Waals surface area contributed by atoms with E-state index in [1.807, 2.05) is 30.3 Å². The van der Waals surface area contributed by atoms with Crippen LogP contribution in [0.1, 0.15) is 55.5 Å². The molecule has 2 aromatic rings. The molecule has 6 nitrogen and oxygen atoms in total. The first-order valence-electron chi connectivity index (χ1n) is 10.0. The van der Waals surface area contributed by atoms with Crippen LogP contribution in [-0.2, 0) is 12.1 Å². The Hall–Kier alpha value is -2.31. The third-order valence-electron chi connectivity index (χ3n) is 5.23. The summed E-state index contributed by atoms with van der Waals surface area (Å²) >= 11 is 0. The van der Waals surface area contributed by atoms with Gasteiger partial charge in [0, 0.05) is 24.3 Å². The zero-order valence-corrected chi connectivity index (χ0v) is 16.9. The lowest BCUT2D eigenvalue weighted by molar-refractivity contribution is 0.0727. The van der Waals surface area contributed by atoms with Crippen molar-refractivity contribution in [1.29, 1.82) is 0 Å². The van der Waals surface area contributed by atoms with E-state index >= 15 is 0 Å². The number of hydrogen-bond acceptors (Lipinski definition) is 5. The molecule has 6 heteroatoms. The number of carbonyl (C=O) groups excluding carboxylic acids is 1. The molecule has 1 unspecified atom stereocenters. The Balaban J connectivity index is 1.67. The molecule has 1 aliphatic carbocycles. The number of nitrogens with one attached hydrogen (secondary N) is 1. The van der Waals surface area contributed by atoms with Crippen LogP contribution in [0.25, 0.3) is 0 Å². The van der Waals surface area contributed by atoms with Crippen LogP contribution in [0.15, 0.2) is 42.6 Å². The number of aromatic nitrogens is 2. The largest absolute Gasteiger partial charge is 0.384 e.